The number of likely N-dealkylation sites (tertiary alicyclic amines) is 1. The molecule has 128 valence electrons. The van der Waals surface area contributed by atoms with Gasteiger partial charge in [0.15, 0.2) is 0 Å². The Morgan fingerprint density at radius 1 is 1.25 bits per heavy atom. The Kier molecular flexibility index (Phi) is 4.57. The quantitative estimate of drug-likeness (QED) is 0.896. The normalized spacial score (nSPS) is 23.1. The van der Waals surface area contributed by atoms with Crippen LogP contribution in [0.2, 0.25) is 5.02 Å². The van der Waals surface area contributed by atoms with E-state index >= 15 is 0 Å². The number of benzene rings is 1. The van der Waals surface area contributed by atoms with Crippen LogP contribution in [0.1, 0.15) is 31.5 Å². The number of aromatic amines is 1. The SMILES string of the molecule is O=c1[nH]c(CN2CCC(C3CCCN3)CC2)nc2ccc(Cl)cc12. The van der Waals surface area contributed by atoms with Crippen LogP contribution in [0.3, 0.4) is 0 Å². The summed E-state index contributed by atoms with van der Waals surface area (Å²) in [7, 11) is 0. The van der Waals surface area contributed by atoms with Crippen LogP contribution in [0, 0.1) is 5.92 Å². The molecule has 2 aliphatic heterocycles. The lowest BCUT2D eigenvalue weighted by Gasteiger charge is -2.34. The van der Waals surface area contributed by atoms with Gasteiger partial charge in [-0.1, -0.05) is 11.6 Å². The van der Waals surface area contributed by atoms with Gasteiger partial charge >= 0.3 is 0 Å². The van der Waals surface area contributed by atoms with E-state index < -0.39 is 0 Å². The molecule has 6 heteroatoms. The molecule has 0 aliphatic carbocycles. The molecule has 0 saturated carbocycles. The topological polar surface area (TPSA) is 61.0 Å². The molecule has 3 heterocycles. The number of halogens is 1. The summed E-state index contributed by atoms with van der Waals surface area (Å²) >= 11 is 5.96. The number of fused-ring (bicyclic) bond motifs is 1. The number of nitrogens with zero attached hydrogens (tertiary/aromatic N) is 2. The monoisotopic (exact) mass is 346 g/mol. The van der Waals surface area contributed by atoms with Crippen molar-refractivity contribution in [2.75, 3.05) is 19.6 Å². The van der Waals surface area contributed by atoms with Gasteiger partial charge in [-0.15, -0.1) is 0 Å². The van der Waals surface area contributed by atoms with Gasteiger partial charge in [0.25, 0.3) is 5.56 Å². The molecule has 5 nitrogen and oxygen atoms in total. The molecular formula is C18H23ClN4O. The van der Waals surface area contributed by atoms with Gasteiger partial charge < -0.3 is 10.3 Å². The summed E-state index contributed by atoms with van der Waals surface area (Å²) in [6.45, 7) is 4.03. The highest BCUT2D eigenvalue weighted by Crippen LogP contribution is 2.26. The summed E-state index contributed by atoms with van der Waals surface area (Å²) in [5, 5.41) is 4.75. The van der Waals surface area contributed by atoms with Crippen LogP contribution in [0.5, 0.6) is 0 Å². The molecule has 24 heavy (non-hydrogen) atoms. The smallest absolute Gasteiger partial charge is 0.258 e. The highest BCUT2D eigenvalue weighted by molar-refractivity contribution is 6.31. The van der Waals surface area contributed by atoms with Crippen LogP contribution in [0.15, 0.2) is 23.0 Å². The first-order valence-corrected chi connectivity index (χ1v) is 9.21. The van der Waals surface area contributed by atoms with Crippen molar-refractivity contribution in [3.63, 3.8) is 0 Å². The van der Waals surface area contributed by atoms with Crippen LogP contribution in [0.4, 0.5) is 0 Å². The number of hydrogen-bond acceptors (Lipinski definition) is 4. The van der Waals surface area contributed by atoms with Crippen molar-refractivity contribution in [3.8, 4) is 0 Å². The van der Waals surface area contributed by atoms with E-state index in [2.05, 4.69) is 20.2 Å². The minimum atomic E-state index is -0.109. The second-order valence-electron chi connectivity index (χ2n) is 6.99. The second-order valence-corrected chi connectivity index (χ2v) is 7.43. The van der Waals surface area contributed by atoms with E-state index in [0.29, 0.717) is 22.5 Å². The summed E-state index contributed by atoms with van der Waals surface area (Å²) < 4.78 is 0. The Labute approximate surface area is 146 Å². The number of aromatic nitrogens is 2. The van der Waals surface area contributed by atoms with Gasteiger partial charge in [0.2, 0.25) is 0 Å². The lowest BCUT2D eigenvalue weighted by Crippen LogP contribution is -2.40. The van der Waals surface area contributed by atoms with Crippen molar-refractivity contribution < 1.29 is 0 Å². The van der Waals surface area contributed by atoms with Gasteiger partial charge in [-0.2, -0.15) is 0 Å². The Bertz CT molecular complexity index is 776. The zero-order valence-corrected chi connectivity index (χ0v) is 14.5. The molecule has 1 aromatic carbocycles. The Hall–Kier alpha value is -1.43. The third-order valence-electron chi connectivity index (χ3n) is 5.39. The van der Waals surface area contributed by atoms with Crippen LogP contribution >= 0.6 is 11.6 Å². The molecule has 2 saturated heterocycles. The van der Waals surface area contributed by atoms with E-state index in [-0.39, 0.29) is 5.56 Å². The Balaban J connectivity index is 1.43. The molecule has 2 N–H and O–H groups in total. The van der Waals surface area contributed by atoms with E-state index in [0.717, 1.165) is 30.9 Å². The van der Waals surface area contributed by atoms with Gasteiger partial charge in [0.05, 0.1) is 17.4 Å². The van der Waals surface area contributed by atoms with E-state index in [9.17, 15) is 4.79 Å². The predicted octanol–water partition coefficient (Wildman–Crippen LogP) is 2.54. The highest BCUT2D eigenvalue weighted by Gasteiger charge is 2.28. The third-order valence-corrected chi connectivity index (χ3v) is 5.62. The first kappa shape index (κ1) is 16.1. The summed E-state index contributed by atoms with van der Waals surface area (Å²) in [6, 6.07) is 5.98. The molecule has 1 unspecified atom stereocenters. The molecular weight excluding hydrogens is 324 g/mol. The van der Waals surface area contributed by atoms with Crippen molar-refractivity contribution in [2.24, 2.45) is 5.92 Å². The lowest BCUT2D eigenvalue weighted by atomic mass is 9.88. The first-order valence-electron chi connectivity index (χ1n) is 8.83. The number of hydrogen-bond donors (Lipinski definition) is 2. The second kappa shape index (κ2) is 6.82. The van der Waals surface area contributed by atoms with Crippen LogP contribution < -0.4 is 10.9 Å². The third kappa shape index (κ3) is 3.34. The van der Waals surface area contributed by atoms with Gasteiger partial charge in [-0.25, -0.2) is 4.98 Å². The molecule has 2 aromatic rings. The number of H-pyrrole nitrogens is 1. The summed E-state index contributed by atoms with van der Waals surface area (Å²) in [5.74, 6) is 1.54. The maximum absolute atomic E-state index is 12.2. The Morgan fingerprint density at radius 2 is 2.08 bits per heavy atom. The van der Waals surface area contributed by atoms with Gasteiger partial charge in [0.1, 0.15) is 5.82 Å². The van der Waals surface area contributed by atoms with E-state index in [1.54, 1.807) is 12.1 Å². The summed E-state index contributed by atoms with van der Waals surface area (Å²) in [6.07, 6.45) is 5.10. The molecule has 1 atom stereocenters. The van der Waals surface area contributed by atoms with Gasteiger partial charge in [-0.05, 0) is 69.4 Å². The van der Waals surface area contributed by atoms with Crippen molar-refractivity contribution >= 4 is 22.5 Å². The minimum Gasteiger partial charge on any atom is -0.314 e. The largest absolute Gasteiger partial charge is 0.314 e. The van der Waals surface area contributed by atoms with E-state index in [1.807, 2.05) is 6.07 Å². The highest BCUT2D eigenvalue weighted by atomic mass is 35.5. The standard InChI is InChI=1S/C18H23ClN4O/c19-13-3-4-16-14(10-13)18(24)22-17(21-16)11-23-8-5-12(6-9-23)15-2-1-7-20-15/h3-4,10,12,15,20H,1-2,5-9,11H2,(H,21,22,24). The first-order chi connectivity index (χ1) is 11.7. The fourth-order valence-corrected chi connectivity index (χ4v) is 4.25. The van der Waals surface area contributed by atoms with Crippen LogP contribution in [-0.4, -0.2) is 40.5 Å². The fraction of sp³-hybridized carbons (Fsp3) is 0.556. The fourth-order valence-electron chi connectivity index (χ4n) is 4.07. The van der Waals surface area contributed by atoms with Crippen molar-refractivity contribution in [1.29, 1.82) is 0 Å². The van der Waals surface area contributed by atoms with E-state index in [4.69, 9.17) is 11.6 Å². The lowest BCUT2D eigenvalue weighted by molar-refractivity contribution is 0.154. The molecule has 0 spiro atoms. The average Bonchev–Trinajstić information content (AvgIpc) is 3.11. The zero-order chi connectivity index (χ0) is 16.5. The van der Waals surface area contributed by atoms with Crippen molar-refractivity contribution in [3.05, 3.63) is 39.4 Å². The molecule has 2 aliphatic rings. The molecule has 0 bridgehead atoms. The Morgan fingerprint density at radius 3 is 2.83 bits per heavy atom. The van der Waals surface area contributed by atoms with Crippen LogP contribution in [0.25, 0.3) is 10.9 Å². The predicted molar refractivity (Wildman–Crippen MR) is 96.4 cm³/mol. The van der Waals surface area contributed by atoms with Gasteiger partial charge in [0, 0.05) is 11.1 Å². The molecule has 0 amide bonds. The number of piperidine rings is 1. The molecule has 2 fully saturated rings. The maximum Gasteiger partial charge on any atom is 0.258 e. The molecule has 4 rings (SSSR count). The number of rotatable bonds is 3. The number of nitrogens with one attached hydrogen (secondary N) is 2. The molecule has 0 radical (unpaired) electrons. The summed E-state index contributed by atoms with van der Waals surface area (Å²) in [5.41, 5.74) is 0.603. The van der Waals surface area contributed by atoms with Crippen molar-refractivity contribution in [2.45, 2.75) is 38.3 Å². The zero-order valence-electron chi connectivity index (χ0n) is 13.7. The maximum atomic E-state index is 12.2. The minimum absolute atomic E-state index is 0.109. The molecule has 1 aromatic heterocycles. The van der Waals surface area contributed by atoms with Crippen LogP contribution in [-0.2, 0) is 6.54 Å². The average molecular weight is 347 g/mol. The van der Waals surface area contributed by atoms with Crippen molar-refractivity contribution in [1.82, 2.24) is 20.2 Å². The van der Waals surface area contributed by atoms with E-state index in [1.165, 1.54) is 32.2 Å². The summed E-state index contributed by atoms with van der Waals surface area (Å²) in [4.78, 5) is 22.1. The van der Waals surface area contributed by atoms with Gasteiger partial charge in [-0.3, -0.25) is 9.69 Å².